The van der Waals surface area contributed by atoms with Gasteiger partial charge in [0.25, 0.3) is 0 Å². The maximum atomic E-state index is 10.9. The Bertz CT molecular complexity index is 663. The third kappa shape index (κ3) is 1.73. The van der Waals surface area contributed by atoms with Crippen molar-refractivity contribution in [2.45, 2.75) is 0 Å². The topological polar surface area (TPSA) is 61.7 Å². The molecular weight excluding hydrogens is 228 g/mol. The molecule has 0 fully saturated rings. The number of nitrogens with one attached hydrogen (secondary N) is 1. The molecular formula is C14H10N2O2. The minimum Gasteiger partial charge on any atom is -0.478 e. The van der Waals surface area contributed by atoms with E-state index in [4.69, 9.17) is 5.11 Å². The van der Waals surface area contributed by atoms with E-state index in [1.807, 2.05) is 24.3 Å². The summed E-state index contributed by atoms with van der Waals surface area (Å²) in [6.07, 6.45) is 1.74. The first kappa shape index (κ1) is 10.5. The van der Waals surface area contributed by atoms with Gasteiger partial charge in [-0.2, -0.15) is 0 Å². The number of nitrogens with zero attached hydrogens (tertiary/aromatic N) is 1. The summed E-state index contributed by atoms with van der Waals surface area (Å²) in [5, 5.41) is 12.2. The molecule has 4 heteroatoms. The largest absolute Gasteiger partial charge is 0.478 e. The van der Waals surface area contributed by atoms with Crippen LogP contribution in [0.3, 0.4) is 0 Å². The number of fused-ring (bicyclic) bond motifs is 2. The Morgan fingerprint density at radius 1 is 1.11 bits per heavy atom. The molecule has 18 heavy (non-hydrogen) atoms. The standard InChI is InChI=1S/C14H10N2O2/c17-14(18)9-5-6-12-13(7-9)15-8-10-3-1-2-4-11(10)16-12/h1-8,16H,(H,17,18). The summed E-state index contributed by atoms with van der Waals surface area (Å²) >= 11 is 0. The number of carbonyl (C=O) groups is 1. The maximum absolute atomic E-state index is 10.9. The average Bonchev–Trinajstić information content (AvgIpc) is 2.56. The SMILES string of the molecule is O=C(O)c1ccc2c(c1)N=Cc1ccccc1N2. The van der Waals surface area contributed by atoms with E-state index in [2.05, 4.69) is 10.3 Å². The number of para-hydroxylation sites is 1. The molecule has 0 atom stereocenters. The fourth-order valence-corrected chi connectivity index (χ4v) is 1.88. The van der Waals surface area contributed by atoms with Crippen LogP contribution in [0.5, 0.6) is 0 Å². The van der Waals surface area contributed by atoms with Crippen molar-refractivity contribution >= 4 is 29.2 Å². The summed E-state index contributed by atoms with van der Waals surface area (Å²) in [4.78, 5) is 15.2. The fourth-order valence-electron chi connectivity index (χ4n) is 1.88. The van der Waals surface area contributed by atoms with Crippen LogP contribution in [0.1, 0.15) is 15.9 Å². The number of anilines is 2. The van der Waals surface area contributed by atoms with Crippen molar-refractivity contribution in [3.05, 3.63) is 53.6 Å². The zero-order chi connectivity index (χ0) is 12.5. The lowest BCUT2D eigenvalue weighted by atomic mass is 10.1. The quantitative estimate of drug-likeness (QED) is 0.684. The van der Waals surface area contributed by atoms with Crippen LogP contribution in [-0.4, -0.2) is 17.3 Å². The number of benzene rings is 2. The van der Waals surface area contributed by atoms with Gasteiger partial charge in [-0.1, -0.05) is 18.2 Å². The first-order valence-corrected chi connectivity index (χ1v) is 5.51. The van der Waals surface area contributed by atoms with Gasteiger partial charge in [-0.3, -0.25) is 4.99 Å². The van der Waals surface area contributed by atoms with Gasteiger partial charge in [0, 0.05) is 17.5 Å². The van der Waals surface area contributed by atoms with Gasteiger partial charge in [-0.25, -0.2) is 4.79 Å². The van der Waals surface area contributed by atoms with E-state index in [9.17, 15) is 4.79 Å². The van der Waals surface area contributed by atoms with E-state index in [1.54, 1.807) is 24.4 Å². The molecule has 0 saturated heterocycles. The van der Waals surface area contributed by atoms with Gasteiger partial charge in [-0.15, -0.1) is 0 Å². The molecule has 0 amide bonds. The van der Waals surface area contributed by atoms with Crippen molar-refractivity contribution in [2.24, 2.45) is 4.99 Å². The lowest BCUT2D eigenvalue weighted by molar-refractivity contribution is 0.0697. The van der Waals surface area contributed by atoms with Crippen molar-refractivity contribution < 1.29 is 9.90 Å². The lowest BCUT2D eigenvalue weighted by Crippen LogP contribution is -1.97. The van der Waals surface area contributed by atoms with Crippen LogP contribution in [0.2, 0.25) is 0 Å². The molecule has 0 unspecified atom stereocenters. The number of carboxylic acid groups (broad SMARTS) is 1. The van der Waals surface area contributed by atoms with Gasteiger partial charge >= 0.3 is 5.97 Å². The number of aliphatic imine (C=N–C) groups is 1. The number of carboxylic acids is 1. The molecule has 1 heterocycles. The van der Waals surface area contributed by atoms with Crippen molar-refractivity contribution in [1.82, 2.24) is 0 Å². The summed E-state index contributed by atoms with van der Waals surface area (Å²) in [6, 6.07) is 12.7. The minimum absolute atomic E-state index is 0.235. The second-order valence-corrected chi connectivity index (χ2v) is 4.01. The Hall–Kier alpha value is -2.62. The molecule has 0 aromatic heterocycles. The van der Waals surface area contributed by atoms with Crippen LogP contribution in [0, 0.1) is 0 Å². The molecule has 3 rings (SSSR count). The molecule has 0 saturated carbocycles. The molecule has 2 aromatic rings. The first-order chi connectivity index (χ1) is 8.74. The zero-order valence-electron chi connectivity index (χ0n) is 9.42. The molecule has 2 N–H and O–H groups in total. The predicted molar refractivity (Wildman–Crippen MR) is 70.4 cm³/mol. The normalized spacial score (nSPS) is 12.0. The van der Waals surface area contributed by atoms with Gasteiger partial charge in [0.2, 0.25) is 0 Å². The highest BCUT2D eigenvalue weighted by molar-refractivity contribution is 5.97. The Balaban J connectivity index is 2.12. The second-order valence-electron chi connectivity index (χ2n) is 4.01. The van der Waals surface area contributed by atoms with Crippen LogP contribution < -0.4 is 5.32 Å². The summed E-state index contributed by atoms with van der Waals surface area (Å²) in [5.74, 6) is -0.949. The zero-order valence-corrected chi connectivity index (χ0v) is 9.42. The van der Waals surface area contributed by atoms with Gasteiger partial charge < -0.3 is 10.4 Å². The van der Waals surface area contributed by atoms with E-state index in [0.29, 0.717) is 5.69 Å². The molecule has 0 aliphatic carbocycles. The lowest BCUT2D eigenvalue weighted by Gasteiger charge is -2.08. The van der Waals surface area contributed by atoms with E-state index in [0.717, 1.165) is 16.9 Å². The third-order valence-corrected chi connectivity index (χ3v) is 2.82. The third-order valence-electron chi connectivity index (χ3n) is 2.82. The van der Waals surface area contributed by atoms with Crippen LogP contribution in [-0.2, 0) is 0 Å². The molecule has 2 aromatic carbocycles. The Labute approximate surface area is 104 Å². The van der Waals surface area contributed by atoms with Crippen LogP contribution in [0.4, 0.5) is 17.1 Å². The minimum atomic E-state index is -0.949. The van der Waals surface area contributed by atoms with Crippen molar-refractivity contribution in [1.29, 1.82) is 0 Å². The molecule has 4 nitrogen and oxygen atoms in total. The van der Waals surface area contributed by atoms with Crippen molar-refractivity contribution in [2.75, 3.05) is 5.32 Å². The second kappa shape index (κ2) is 4.00. The van der Waals surface area contributed by atoms with E-state index in [1.165, 1.54) is 0 Å². The molecule has 88 valence electrons. The molecule has 0 spiro atoms. The highest BCUT2D eigenvalue weighted by atomic mass is 16.4. The average molecular weight is 238 g/mol. The molecule has 1 aliphatic rings. The molecule has 0 radical (unpaired) electrons. The van der Waals surface area contributed by atoms with Gasteiger partial charge in [0.1, 0.15) is 0 Å². The summed E-state index contributed by atoms with van der Waals surface area (Å²) < 4.78 is 0. The van der Waals surface area contributed by atoms with E-state index < -0.39 is 5.97 Å². The maximum Gasteiger partial charge on any atom is 0.335 e. The smallest absolute Gasteiger partial charge is 0.335 e. The Morgan fingerprint density at radius 3 is 2.78 bits per heavy atom. The number of aromatic carboxylic acids is 1. The fraction of sp³-hybridized carbons (Fsp3) is 0. The highest BCUT2D eigenvalue weighted by Gasteiger charge is 2.11. The number of hydrogen-bond donors (Lipinski definition) is 2. The predicted octanol–water partition coefficient (Wildman–Crippen LogP) is 3.19. The van der Waals surface area contributed by atoms with Crippen LogP contribution in [0.25, 0.3) is 0 Å². The first-order valence-electron chi connectivity index (χ1n) is 5.51. The summed E-state index contributed by atoms with van der Waals surface area (Å²) in [6.45, 7) is 0. The van der Waals surface area contributed by atoms with Gasteiger partial charge in [0.05, 0.1) is 16.9 Å². The molecule has 0 bridgehead atoms. The van der Waals surface area contributed by atoms with Gasteiger partial charge in [-0.05, 0) is 24.3 Å². The summed E-state index contributed by atoms with van der Waals surface area (Å²) in [5.41, 5.74) is 3.61. The monoisotopic (exact) mass is 238 g/mol. The highest BCUT2D eigenvalue weighted by Crippen LogP contribution is 2.32. The van der Waals surface area contributed by atoms with E-state index >= 15 is 0 Å². The van der Waals surface area contributed by atoms with Crippen LogP contribution >= 0.6 is 0 Å². The van der Waals surface area contributed by atoms with Gasteiger partial charge in [0.15, 0.2) is 0 Å². The summed E-state index contributed by atoms with van der Waals surface area (Å²) in [7, 11) is 0. The number of hydrogen-bond acceptors (Lipinski definition) is 3. The Morgan fingerprint density at radius 2 is 1.94 bits per heavy atom. The van der Waals surface area contributed by atoms with E-state index in [-0.39, 0.29) is 5.56 Å². The van der Waals surface area contributed by atoms with Crippen molar-refractivity contribution in [3.8, 4) is 0 Å². The molecule has 1 aliphatic heterocycles. The van der Waals surface area contributed by atoms with Crippen molar-refractivity contribution in [3.63, 3.8) is 0 Å². The number of rotatable bonds is 1. The van der Waals surface area contributed by atoms with Crippen LogP contribution in [0.15, 0.2) is 47.5 Å². The Kier molecular flexibility index (Phi) is 2.34.